The number of fused-ring (bicyclic) bond motifs is 1. The summed E-state index contributed by atoms with van der Waals surface area (Å²) < 4.78 is 5.22. The lowest BCUT2D eigenvalue weighted by Crippen LogP contribution is -2.29. The van der Waals surface area contributed by atoms with Gasteiger partial charge in [0, 0.05) is 29.8 Å². The van der Waals surface area contributed by atoms with Gasteiger partial charge in [0.05, 0.1) is 7.11 Å². The lowest BCUT2D eigenvalue weighted by Gasteiger charge is -2.33. The van der Waals surface area contributed by atoms with Gasteiger partial charge in [-0.3, -0.25) is 0 Å². The smallest absolute Gasteiger partial charge is 0.129 e. The van der Waals surface area contributed by atoms with Gasteiger partial charge in [0.2, 0.25) is 0 Å². The molecule has 1 heterocycles. The molecule has 3 heteroatoms. The van der Waals surface area contributed by atoms with E-state index in [1.807, 2.05) is 26.0 Å². The van der Waals surface area contributed by atoms with Gasteiger partial charge in [-0.1, -0.05) is 36.9 Å². The summed E-state index contributed by atoms with van der Waals surface area (Å²) in [6, 6.07) is 14.5. The Bertz CT molecular complexity index is 790. The van der Waals surface area contributed by atoms with Crippen molar-refractivity contribution < 1.29 is 9.53 Å². The van der Waals surface area contributed by atoms with Gasteiger partial charge < -0.3 is 14.4 Å². The van der Waals surface area contributed by atoms with Gasteiger partial charge in [-0.2, -0.15) is 0 Å². The van der Waals surface area contributed by atoms with E-state index in [0.29, 0.717) is 0 Å². The second-order valence-electron chi connectivity index (χ2n) is 7.18. The van der Waals surface area contributed by atoms with E-state index in [1.54, 1.807) is 7.11 Å². The van der Waals surface area contributed by atoms with Crippen molar-refractivity contribution in [2.24, 2.45) is 0 Å². The number of rotatable bonds is 5. The van der Waals surface area contributed by atoms with E-state index in [9.17, 15) is 4.79 Å². The number of hydrogen-bond acceptors (Lipinski definition) is 3. The van der Waals surface area contributed by atoms with Crippen LogP contribution in [0.1, 0.15) is 36.1 Å². The molecule has 2 aromatic rings. The molecule has 0 saturated heterocycles. The Morgan fingerprint density at radius 1 is 1.20 bits per heavy atom. The highest BCUT2D eigenvalue weighted by Gasteiger charge is 2.24. The molecule has 0 radical (unpaired) electrons. The molecule has 0 atom stereocenters. The molecular formula is C22H25NO2. The van der Waals surface area contributed by atoms with E-state index in [2.05, 4.69) is 41.8 Å². The minimum Gasteiger partial charge on any atom is -0.497 e. The molecule has 2 aromatic carbocycles. The number of ether oxygens (including phenoxy) is 1. The predicted molar refractivity (Wildman–Crippen MR) is 102 cm³/mol. The maximum Gasteiger partial charge on any atom is 0.129 e. The summed E-state index contributed by atoms with van der Waals surface area (Å²) in [5.74, 6) is 0.872. The monoisotopic (exact) mass is 335 g/mol. The first-order chi connectivity index (χ1) is 11.9. The molecule has 0 fully saturated rings. The van der Waals surface area contributed by atoms with Crippen LogP contribution < -0.4 is 4.74 Å². The van der Waals surface area contributed by atoms with Crippen LogP contribution in [0.4, 0.5) is 0 Å². The summed E-state index contributed by atoms with van der Waals surface area (Å²) in [4.78, 5) is 13.6. The largest absolute Gasteiger partial charge is 0.497 e. The van der Waals surface area contributed by atoms with Crippen molar-refractivity contribution in [1.29, 1.82) is 0 Å². The van der Waals surface area contributed by atoms with Crippen molar-refractivity contribution in [2.75, 3.05) is 13.7 Å². The Balaban J connectivity index is 1.80. The van der Waals surface area contributed by atoms with E-state index in [1.165, 1.54) is 16.7 Å². The van der Waals surface area contributed by atoms with Gasteiger partial charge in [-0.05, 0) is 49.1 Å². The maximum atomic E-state index is 11.3. The van der Waals surface area contributed by atoms with Crippen LogP contribution in [0.5, 0.6) is 5.75 Å². The Morgan fingerprint density at radius 2 is 1.92 bits per heavy atom. The van der Waals surface area contributed by atoms with Crippen LogP contribution in [0.15, 0.2) is 49.0 Å². The van der Waals surface area contributed by atoms with Gasteiger partial charge in [-0.25, -0.2) is 0 Å². The first kappa shape index (κ1) is 17.3. The fourth-order valence-corrected chi connectivity index (χ4v) is 3.24. The molecule has 1 aliphatic heterocycles. The zero-order chi connectivity index (χ0) is 18.0. The highest BCUT2D eigenvalue weighted by atomic mass is 16.5. The van der Waals surface area contributed by atoms with Gasteiger partial charge in [-0.15, -0.1) is 0 Å². The van der Waals surface area contributed by atoms with Crippen LogP contribution in [-0.4, -0.2) is 24.8 Å². The fourth-order valence-electron chi connectivity index (χ4n) is 3.24. The average Bonchev–Trinajstić information content (AvgIpc) is 2.64. The molecule has 0 saturated carbocycles. The van der Waals surface area contributed by atoms with Gasteiger partial charge in [0.25, 0.3) is 0 Å². The van der Waals surface area contributed by atoms with Crippen molar-refractivity contribution in [3.8, 4) is 5.75 Å². The summed E-state index contributed by atoms with van der Waals surface area (Å²) >= 11 is 0. The Kier molecular flexibility index (Phi) is 4.67. The van der Waals surface area contributed by atoms with Crippen molar-refractivity contribution in [1.82, 2.24) is 4.90 Å². The molecule has 0 bridgehead atoms. The third kappa shape index (κ3) is 3.46. The Labute approximate surface area is 149 Å². The SMILES string of the molecule is C=C1c2ccc(C(C)(C)C=O)cc2CCN1Cc1ccc(OC)cc1. The minimum atomic E-state index is -0.448. The van der Waals surface area contributed by atoms with Crippen molar-refractivity contribution in [2.45, 2.75) is 32.2 Å². The normalized spacial score (nSPS) is 14.2. The molecule has 3 nitrogen and oxygen atoms in total. The predicted octanol–water partition coefficient (Wildman–Crippen LogP) is 4.20. The quantitative estimate of drug-likeness (QED) is 0.767. The molecule has 0 aromatic heterocycles. The molecule has 130 valence electrons. The molecule has 3 rings (SSSR count). The number of aldehydes is 1. The number of benzene rings is 2. The van der Waals surface area contributed by atoms with Crippen LogP contribution >= 0.6 is 0 Å². The molecule has 1 aliphatic rings. The van der Waals surface area contributed by atoms with Crippen LogP contribution in [0.3, 0.4) is 0 Å². The first-order valence-electron chi connectivity index (χ1n) is 8.61. The third-order valence-electron chi connectivity index (χ3n) is 5.02. The van der Waals surface area contributed by atoms with Crippen molar-refractivity contribution >= 4 is 12.0 Å². The summed E-state index contributed by atoms with van der Waals surface area (Å²) in [5.41, 5.74) is 5.37. The van der Waals surface area contributed by atoms with Gasteiger partial charge >= 0.3 is 0 Å². The van der Waals surface area contributed by atoms with Crippen LogP contribution in [0.25, 0.3) is 5.70 Å². The number of carbonyl (C=O) groups is 1. The fraction of sp³-hybridized carbons (Fsp3) is 0.318. The molecule has 25 heavy (non-hydrogen) atoms. The second-order valence-corrected chi connectivity index (χ2v) is 7.18. The molecular weight excluding hydrogens is 310 g/mol. The number of methoxy groups -OCH3 is 1. The summed E-state index contributed by atoms with van der Waals surface area (Å²) in [6.45, 7) is 9.99. The summed E-state index contributed by atoms with van der Waals surface area (Å²) in [7, 11) is 1.68. The lowest BCUT2D eigenvalue weighted by atomic mass is 9.83. The summed E-state index contributed by atoms with van der Waals surface area (Å²) in [5, 5.41) is 0. The molecule has 0 unspecified atom stereocenters. The highest BCUT2D eigenvalue weighted by molar-refractivity contribution is 5.71. The second kappa shape index (κ2) is 6.75. The number of hydrogen-bond donors (Lipinski definition) is 0. The van der Waals surface area contributed by atoms with Crippen LogP contribution in [0.2, 0.25) is 0 Å². The van der Waals surface area contributed by atoms with Crippen molar-refractivity contribution in [3.63, 3.8) is 0 Å². The lowest BCUT2D eigenvalue weighted by molar-refractivity contribution is -0.111. The standard InChI is InChI=1S/C22H25NO2/c1-16-21-10-7-19(22(2,3)15-24)13-18(21)11-12-23(16)14-17-5-8-20(25-4)9-6-17/h5-10,13,15H,1,11-12,14H2,2-4H3. The van der Waals surface area contributed by atoms with Crippen molar-refractivity contribution in [3.05, 3.63) is 71.3 Å². The van der Waals surface area contributed by atoms with Gasteiger partial charge in [0.1, 0.15) is 12.0 Å². The third-order valence-corrected chi connectivity index (χ3v) is 5.02. The highest BCUT2D eigenvalue weighted by Crippen LogP contribution is 2.32. The van der Waals surface area contributed by atoms with E-state index in [4.69, 9.17) is 4.74 Å². The van der Waals surface area contributed by atoms with E-state index in [-0.39, 0.29) is 0 Å². The van der Waals surface area contributed by atoms with E-state index in [0.717, 1.165) is 42.8 Å². The minimum absolute atomic E-state index is 0.448. The zero-order valence-corrected chi connectivity index (χ0v) is 15.2. The number of carbonyl (C=O) groups excluding carboxylic acids is 1. The maximum absolute atomic E-state index is 11.3. The van der Waals surface area contributed by atoms with Crippen LogP contribution in [-0.2, 0) is 23.2 Å². The van der Waals surface area contributed by atoms with E-state index >= 15 is 0 Å². The summed E-state index contributed by atoms with van der Waals surface area (Å²) in [6.07, 6.45) is 1.98. The van der Waals surface area contributed by atoms with E-state index < -0.39 is 5.41 Å². The van der Waals surface area contributed by atoms with Crippen LogP contribution in [0, 0.1) is 0 Å². The first-order valence-corrected chi connectivity index (χ1v) is 8.61. The molecule has 0 amide bonds. The molecule has 0 spiro atoms. The zero-order valence-electron chi connectivity index (χ0n) is 15.2. The number of nitrogens with zero attached hydrogens (tertiary/aromatic N) is 1. The topological polar surface area (TPSA) is 29.5 Å². The van der Waals surface area contributed by atoms with Gasteiger partial charge in [0.15, 0.2) is 0 Å². The molecule has 0 N–H and O–H groups in total. The Hall–Kier alpha value is -2.55. The Morgan fingerprint density at radius 3 is 2.56 bits per heavy atom. The molecule has 0 aliphatic carbocycles. The average molecular weight is 335 g/mol.